The second kappa shape index (κ2) is 12.1. The van der Waals surface area contributed by atoms with Gasteiger partial charge in [-0.25, -0.2) is 21.5 Å². The van der Waals surface area contributed by atoms with E-state index in [0.29, 0.717) is 43.5 Å². The van der Waals surface area contributed by atoms with Gasteiger partial charge in [-0.3, -0.25) is 0 Å². The summed E-state index contributed by atoms with van der Waals surface area (Å²) in [7, 11) is -3.24. The molecule has 2 aliphatic heterocycles. The van der Waals surface area contributed by atoms with Gasteiger partial charge in [0.05, 0.1) is 6.26 Å². The number of aromatic nitrogens is 3. The Balaban J connectivity index is 1.47. The zero-order chi connectivity index (χ0) is 27.6. The smallest absolute Gasteiger partial charge is 0.211 e. The highest BCUT2D eigenvalue weighted by Gasteiger charge is 2.34. The molecule has 2 saturated heterocycles. The van der Waals surface area contributed by atoms with Gasteiger partial charge in [-0.15, -0.1) is 10.2 Å². The summed E-state index contributed by atoms with van der Waals surface area (Å²) in [6, 6.07) is 4.45. The van der Waals surface area contributed by atoms with Crippen molar-refractivity contribution in [3.63, 3.8) is 0 Å². The minimum Gasteiger partial charge on any atom is -0.312 e. The molecule has 0 aliphatic carbocycles. The Morgan fingerprint density at radius 2 is 1.55 bits per heavy atom. The number of sulfonamides is 1. The molecule has 3 heterocycles. The minimum atomic E-state index is -3.24. The van der Waals surface area contributed by atoms with Gasteiger partial charge in [-0.2, -0.15) is 0 Å². The van der Waals surface area contributed by atoms with Gasteiger partial charge in [-0.05, 0) is 68.6 Å². The van der Waals surface area contributed by atoms with E-state index in [-0.39, 0.29) is 17.9 Å². The molecule has 38 heavy (non-hydrogen) atoms. The van der Waals surface area contributed by atoms with Crippen molar-refractivity contribution in [2.75, 3.05) is 32.4 Å². The van der Waals surface area contributed by atoms with E-state index in [0.717, 1.165) is 56.5 Å². The second-order valence-corrected chi connectivity index (χ2v) is 13.5. The Labute approximate surface area is 226 Å². The van der Waals surface area contributed by atoms with E-state index in [1.54, 1.807) is 0 Å². The van der Waals surface area contributed by atoms with Crippen molar-refractivity contribution in [2.24, 2.45) is 5.92 Å². The molecule has 4 rings (SSSR count). The third-order valence-corrected chi connectivity index (χ3v) is 9.86. The molecule has 212 valence electrons. The second-order valence-electron chi connectivity index (χ2n) is 11.5. The highest BCUT2D eigenvalue weighted by molar-refractivity contribution is 7.88. The summed E-state index contributed by atoms with van der Waals surface area (Å²) < 4.78 is 56.4. The van der Waals surface area contributed by atoms with Gasteiger partial charge in [0.15, 0.2) is 0 Å². The maximum absolute atomic E-state index is 14.2. The number of hydrogen-bond acceptors (Lipinski definition) is 5. The number of rotatable bonds is 9. The van der Waals surface area contributed by atoms with E-state index >= 15 is 0 Å². The van der Waals surface area contributed by atoms with Crippen LogP contribution in [0.2, 0.25) is 0 Å². The van der Waals surface area contributed by atoms with Crippen LogP contribution in [0.3, 0.4) is 0 Å². The predicted octanol–water partition coefficient (Wildman–Crippen LogP) is 5.11. The SMILES string of the molecule is CCc1nnc(C(C)C)n1C1CCN([C@H](C)C[C@@H](c2cc(F)cc(F)c2)C2CCN(S(C)(=O)=O)CC2)CC1. The Kier molecular flexibility index (Phi) is 9.25. The maximum Gasteiger partial charge on any atom is 0.211 e. The third kappa shape index (κ3) is 6.62. The predicted molar refractivity (Wildman–Crippen MR) is 146 cm³/mol. The lowest BCUT2D eigenvalue weighted by molar-refractivity contribution is 0.120. The van der Waals surface area contributed by atoms with Gasteiger partial charge in [0.1, 0.15) is 23.3 Å². The molecule has 2 fully saturated rings. The average molecular weight is 552 g/mol. The summed E-state index contributed by atoms with van der Waals surface area (Å²) >= 11 is 0. The van der Waals surface area contributed by atoms with Crippen LogP contribution in [0.15, 0.2) is 18.2 Å². The van der Waals surface area contributed by atoms with Gasteiger partial charge >= 0.3 is 0 Å². The molecule has 1 aromatic carbocycles. The van der Waals surface area contributed by atoms with E-state index < -0.39 is 21.7 Å². The van der Waals surface area contributed by atoms with Crippen LogP contribution in [0.1, 0.15) is 94.9 Å². The van der Waals surface area contributed by atoms with Crippen LogP contribution in [0.5, 0.6) is 0 Å². The van der Waals surface area contributed by atoms with E-state index in [4.69, 9.17) is 0 Å². The lowest BCUT2D eigenvalue weighted by Crippen LogP contribution is -2.43. The van der Waals surface area contributed by atoms with Crippen LogP contribution in [0.4, 0.5) is 8.78 Å². The van der Waals surface area contributed by atoms with Crippen LogP contribution in [-0.2, 0) is 16.4 Å². The number of halogens is 2. The fraction of sp³-hybridized carbons (Fsp3) is 0.714. The monoisotopic (exact) mass is 551 g/mol. The zero-order valence-corrected chi connectivity index (χ0v) is 24.2. The molecule has 2 aromatic rings. The maximum atomic E-state index is 14.2. The van der Waals surface area contributed by atoms with E-state index in [9.17, 15) is 17.2 Å². The highest BCUT2D eigenvalue weighted by atomic mass is 32.2. The number of nitrogens with zero attached hydrogens (tertiary/aromatic N) is 5. The Morgan fingerprint density at radius 3 is 2.08 bits per heavy atom. The molecule has 0 saturated carbocycles. The van der Waals surface area contributed by atoms with Crippen LogP contribution in [0.25, 0.3) is 0 Å². The van der Waals surface area contributed by atoms with Gasteiger partial charge in [0.25, 0.3) is 0 Å². The number of piperidine rings is 2. The number of aryl methyl sites for hydroxylation is 1. The van der Waals surface area contributed by atoms with E-state index in [2.05, 4.69) is 47.4 Å². The van der Waals surface area contributed by atoms with E-state index in [1.807, 2.05) is 0 Å². The summed E-state index contributed by atoms with van der Waals surface area (Å²) in [6.07, 6.45) is 6.29. The fourth-order valence-electron chi connectivity index (χ4n) is 6.47. The highest BCUT2D eigenvalue weighted by Crippen LogP contribution is 2.39. The van der Waals surface area contributed by atoms with E-state index in [1.165, 1.54) is 22.7 Å². The Bertz CT molecular complexity index is 1170. The average Bonchev–Trinajstić information content (AvgIpc) is 3.31. The van der Waals surface area contributed by atoms with Crippen molar-refractivity contribution in [1.82, 2.24) is 24.0 Å². The zero-order valence-electron chi connectivity index (χ0n) is 23.4. The van der Waals surface area contributed by atoms with Crippen molar-refractivity contribution >= 4 is 10.0 Å². The van der Waals surface area contributed by atoms with Crippen molar-refractivity contribution in [2.45, 2.75) is 90.1 Å². The summed E-state index contributed by atoms with van der Waals surface area (Å²) in [4.78, 5) is 2.50. The van der Waals surface area contributed by atoms with Gasteiger partial charge in [0, 0.05) is 56.7 Å². The molecule has 1 aromatic heterocycles. The van der Waals surface area contributed by atoms with Gasteiger partial charge in [-0.1, -0.05) is 20.8 Å². The molecular formula is C28H43F2N5O2S. The number of hydrogen-bond donors (Lipinski definition) is 0. The van der Waals surface area contributed by atoms with Crippen LogP contribution < -0.4 is 0 Å². The standard InChI is InChI=1S/C28H43F2N5O2S/c1-6-27-31-32-28(19(2)3)35(27)25-9-11-33(12-10-25)20(4)15-26(22-16-23(29)18-24(30)17-22)21-7-13-34(14-8-21)38(5,36)37/h16-21,25-26H,6-15H2,1-5H3/t20-,26-/m1/s1. The molecule has 0 N–H and O–H groups in total. The minimum absolute atomic E-state index is 0.0354. The molecule has 0 amide bonds. The number of likely N-dealkylation sites (tertiary alicyclic amines) is 1. The molecule has 0 spiro atoms. The van der Waals surface area contributed by atoms with Crippen molar-refractivity contribution in [3.05, 3.63) is 47.0 Å². The first-order valence-corrected chi connectivity index (χ1v) is 15.9. The first-order valence-electron chi connectivity index (χ1n) is 14.1. The van der Waals surface area contributed by atoms with Crippen LogP contribution in [0, 0.1) is 17.6 Å². The molecule has 2 atom stereocenters. The van der Waals surface area contributed by atoms with Crippen molar-refractivity contribution < 1.29 is 17.2 Å². The molecule has 0 bridgehead atoms. The summed E-state index contributed by atoms with van der Waals surface area (Å²) in [5, 5.41) is 8.91. The topological polar surface area (TPSA) is 71.3 Å². The van der Waals surface area contributed by atoms with Crippen LogP contribution >= 0.6 is 0 Å². The summed E-state index contributed by atoms with van der Waals surface area (Å²) in [6.45, 7) is 11.5. The molecule has 7 nitrogen and oxygen atoms in total. The summed E-state index contributed by atoms with van der Waals surface area (Å²) in [5.74, 6) is 1.44. The first kappa shape index (κ1) is 29.1. The normalized spacial score (nSPS) is 20.7. The Morgan fingerprint density at radius 1 is 0.947 bits per heavy atom. The number of benzene rings is 1. The largest absolute Gasteiger partial charge is 0.312 e. The lowest BCUT2D eigenvalue weighted by atomic mass is 9.76. The van der Waals surface area contributed by atoms with Gasteiger partial charge in [0.2, 0.25) is 10.0 Å². The Hall–Kier alpha value is -1.91. The molecule has 2 aliphatic rings. The molecular weight excluding hydrogens is 508 g/mol. The van der Waals surface area contributed by atoms with Crippen molar-refractivity contribution in [3.8, 4) is 0 Å². The molecule has 10 heteroatoms. The molecule has 0 unspecified atom stereocenters. The third-order valence-electron chi connectivity index (χ3n) is 8.56. The first-order chi connectivity index (χ1) is 18.0. The van der Waals surface area contributed by atoms with Crippen molar-refractivity contribution in [1.29, 1.82) is 0 Å². The fourth-order valence-corrected chi connectivity index (χ4v) is 7.35. The van der Waals surface area contributed by atoms with Crippen LogP contribution in [-0.4, -0.2) is 70.9 Å². The lowest BCUT2D eigenvalue weighted by Gasteiger charge is -2.41. The quantitative estimate of drug-likeness (QED) is 0.433. The molecule has 0 radical (unpaired) electrons. The van der Waals surface area contributed by atoms with Gasteiger partial charge < -0.3 is 9.47 Å². The summed E-state index contributed by atoms with van der Waals surface area (Å²) in [5.41, 5.74) is 0.681.